The molecule has 156 valence electrons. The van der Waals surface area contributed by atoms with Crippen molar-refractivity contribution in [1.29, 1.82) is 0 Å². The Balaban J connectivity index is 1.41. The molecule has 0 aliphatic heterocycles. The number of halogens is 1. The molecule has 0 unspecified atom stereocenters. The summed E-state index contributed by atoms with van der Waals surface area (Å²) in [5.74, 6) is 2.38. The van der Waals surface area contributed by atoms with Gasteiger partial charge in [-0.1, -0.05) is 48.0 Å². The first-order chi connectivity index (χ1) is 15.1. The lowest BCUT2D eigenvalue weighted by atomic mass is 9.48. The lowest BCUT2D eigenvalue weighted by Crippen LogP contribution is -2.55. The predicted molar refractivity (Wildman–Crippen MR) is 131 cm³/mol. The second-order valence-electron chi connectivity index (χ2n) is 10.1. The van der Waals surface area contributed by atoms with Crippen LogP contribution < -0.4 is 0 Å². The van der Waals surface area contributed by atoms with Gasteiger partial charge in [0.2, 0.25) is 0 Å². The summed E-state index contributed by atoms with van der Waals surface area (Å²) in [5.41, 5.74) is 2.66. The summed E-state index contributed by atoms with van der Waals surface area (Å²) in [5, 5.41) is 15.7. The van der Waals surface area contributed by atoms with Crippen LogP contribution in [0.1, 0.15) is 37.7 Å². The normalized spacial score (nSPS) is 31.7. The van der Waals surface area contributed by atoms with Crippen molar-refractivity contribution in [3.63, 3.8) is 0 Å². The van der Waals surface area contributed by atoms with Crippen LogP contribution in [0, 0.1) is 23.7 Å². The smallest absolute Gasteiger partial charge is 0.0959 e. The van der Waals surface area contributed by atoms with Crippen LogP contribution in [0.4, 0.5) is 0 Å². The molecule has 0 atom stereocenters. The van der Waals surface area contributed by atoms with E-state index in [9.17, 15) is 5.11 Å². The molecule has 3 heteroatoms. The third-order valence-electron chi connectivity index (χ3n) is 8.49. The van der Waals surface area contributed by atoms with Gasteiger partial charge in [-0.15, -0.1) is 11.3 Å². The first-order valence-corrected chi connectivity index (χ1v) is 12.7. The molecule has 0 saturated heterocycles. The molecule has 4 aromatic rings. The second kappa shape index (κ2) is 6.57. The highest BCUT2D eigenvalue weighted by Gasteiger charge is 2.57. The number of benzene rings is 3. The predicted octanol–water partition coefficient (Wildman–Crippen LogP) is 8.02. The molecule has 0 radical (unpaired) electrons. The zero-order valence-corrected chi connectivity index (χ0v) is 18.9. The van der Waals surface area contributed by atoms with Gasteiger partial charge in [0.15, 0.2) is 0 Å². The fraction of sp³-hybridized carbons (Fsp3) is 0.357. The number of hydrogen-bond acceptors (Lipinski definition) is 2. The largest absolute Gasteiger partial charge is 0.385 e. The number of aliphatic hydroxyl groups is 1. The van der Waals surface area contributed by atoms with Gasteiger partial charge < -0.3 is 5.11 Å². The van der Waals surface area contributed by atoms with Crippen LogP contribution in [0.3, 0.4) is 0 Å². The molecule has 3 aromatic carbocycles. The van der Waals surface area contributed by atoms with Gasteiger partial charge >= 0.3 is 0 Å². The Kier molecular flexibility index (Phi) is 3.96. The minimum atomic E-state index is -0.747. The SMILES string of the molecule is OC1(c2cc(Cl)ccc2-c2ccc3c(c2)sc2ccccc23)C2CC3CC(C2)CC1C3. The van der Waals surface area contributed by atoms with Crippen LogP contribution in [0.15, 0.2) is 60.7 Å². The van der Waals surface area contributed by atoms with Gasteiger partial charge in [0.25, 0.3) is 0 Å². The highest BCUT2D eigenvalue weighted by Crippen LogP contribution is 2.62. The molecule has 8 rings (SSSR count). The van der Waals surface area contributed by atoms with E-state index in [2.05, 4.69) is 54.6 Å². The lowest BCUT2D eigenvalue weighted by Gasteiger charge is -2.59. The highest BCUT2D eigenvalue weighted by molar-refractivity contribution is 7.25. The Bertz CT molecular complexity index is 1310. The Labute approximate surface area is 191 Å². The Hall–Kier alpha value is -1.87. The molecule has 0 amide bonds. The van der Waals surface area contributed by atoms with Gasteiger partial charge in [-0.25, -0.2) is 0 Å². The number of thiophene rings is 1. The van der Waals surface area contributed by atoms with E-state index in [0.29, 0.717) is 11.8 Å². The van der Waals surface area contributed by atoms with Crippen LogP contribution in [-0.4, -0.2) is 5.11 Å². The van der Waals surface area contributed by atoms with Gasteiger partial charge in [-0.3, -0.25) is 0 Å². The standard InChI is InChI=1S/C28H25ClOS/c29-21-6-8-22(18-5-7-24-23-3-1-2-4-26(23)31-27(24)14-18)25(15-21)28(30)19-10-16-9-17(12-19)13-20(28)11-16/h1-8,14-17,19-20,30H,9-13H2. The van der Waals surface area contributed by atoms with E-state index in [1.165, 1.54) is 57.8 Å². The van der Waals surface area contributed by atoms with Gasteiger partial charge in [0.05, 0.1) is 5.60 Å². The van der Waals surface area contributed by atoms with Crippen LogP contribution in [0.5, 0.6) is 0 Å². The van der Waals surface area contributed by atoms with Crippen molar-refractivity contribution < 1.29 is 5.11 Å². The van der Waals surface area contributed by atoms with E-state index in [0.717, 1.165) is 28.0 Å². The van der Waals surface area contributed by atoms with E-state index in [1.807, 2.05) is 17.4 Å². The topological polar surface area (TPSA) is 20.2 Å². The molecule has 1 N–H and O–H groups in total. The molecular weight excluding hydrogens is 420 g/mol. The van der Waals surface area contributed by atoms with Crippen LogP contribution in [0.25, 0.3) is 31.3 Å². The maximum atomic E-state index is 12.3. The summed E-state index contributed by atoms with van der Waals surface area (Å²) in [6, 6.07) is 21.6. The zero-order chi connectivity index (χ0) is 20.7. The van der Waals surface area contributed by atoms with Gasteiger partial charge in [0, 0.05) is 25.2 Å². The van der Waals surface area contributed by atoms with Crippen LogP contribution in [0.2, 0.25) is 5.02 Å². The Morgan fingerprint density at radius 3 is 2.26 bits per heavy atom. The molecule has 4 saturated carbocycles. The summed E-state index contributed by atoms with van der Waals surface area (Å²) in [6.45, 7) is 0. The van der Waals surface area contributed by atoms with Crippen molar-refractivity contribution >= 4 is 43.1 Å². The van der Waals surface area contributed by atoms with Crippen molar-refractivity contribution in [2.45, 2.75) is 37.7 Å². The first-order valence-electron chi connectivity index (χ1n) is 11.5. The number of fused-ring (bicyclic) bond motifs is 3. The molecule has 4 fully saturated rings. The molecule has 0 spiro atoms. The quantitative estimate of drug-likeness (QED) is 0.332. The number of rotatable bonds is 2. The third-order valence-corrected chi connectivity index (χ3v) is 9.85. The van der Waals surface area contributed by atoms with Crippen LogP contribution in [-0.2, 0) is 5.60 Å². The summed E-state index contributed by atoms with van der Waals surface area (Å²) in [4.78, 5) is 0. The number of hydrogen-bond donors (Lipinski definition) is 1. The van der Waals surface area contributed by atoms with E-state index < -0.39 is 5.60 Å². The Morgan fingerprint density at radius 2 is 1.48 bits per heavy atom. The van der Waals surface area contributed by atoms with Crippen LogP contribution >= 0.6 is 22.9 Å². The molecule has 4 aliphatic rings. The monoisotopic (exact) mass is 444 g/mol. The Morgan fingerprint density at radius 1 is 0.774 bits per heavy atom. The average Bonchev–Trinajstić information content (AvgIpc) is 3.14. The fourth-order valence-corrected chi connectivity index (χ4v) is 8.65. The molecule has 4 bridgehead atoms. The summed E-state index contributed by atoms with van der Waals surface area (Å²) in [7, 11) is 0. The van der Waals surface area contributed by atoms with E-state index in [4.69, 9.17) is 11.6 Å². The van der Waals surface area contributed by atoms with Crippen molar-refractivity contribution in [1.82, 2.24) is 0 Å². The van der Waals surface area contributed by atoms with Crippen molar-refractivity contribution in [2.75, 3.05) is 0 Å². The van der Waals surface area contributed by atoms with E-state index >= 15 is 0 Å². The maximum absolute atomic E-state index is 12.3. The average molecular weight is 445 g/mol. The summed E-state index contributed by atoms with van der Waals surface area (Å²) in [6.07, 6.45) is 6.07. The second-order valence-corrected chi connectivity index (χ2v) is 11.6. The molecule has 31 heavy (non-hydrogen) atoms. The van der Waals surface area contributed by atoms with Gasteiger partial charge in [0.1, 0.15) is 0 Å². The van der Waals surface area contributed by atoms with E-state index in [1.54, 1.807) is 0 Å². The van der Waals surface area contributed by atoms with E-state index in [-0.39, 0.29) is 0 Å². The molecular formula is C28H25ClOS. The highest BCUT2D eigenvalue weighted by atomic mass is 35.5. The maximum Gasteiger partial charge on any atom is 0.0959 e. The molecule has 1 nitrogen and oxygen atoms in total. The van der Waals surface area contributed by atoms with Crippen molar-refractivity contribution in [3.05, 3.63) is 71.2 Å². The minimum Gasteiger partial charge on any atom is -0.385 e. The van der Waals surface area contributed by atoms with Crippen molar-refractivity contribution in [2.24, 2.45) is 23.7 Å². The van der Waals surface area contributed by atoms with Gasteiger partial charge in [-0.2, -0.15) is 0 Å². The third kappa shape index (κ3) is 2.65. The summed E-state index contributed by atoms with van der Waals surface area (Å²) >= 11 is 8.37. The molecule has 4 aliphatic carbocycles. The molecule has 1 heterocycles. The minimum absolute atomic E-state index is 0.369. The first kappa shape index (κ1) is 18.7. The fourth-order valence-electron chi connectivity index (χ4n) is 7.34. The van der Waals surface area contributed by atoms with Crippen molar-refractivity contribution in [3.8, 4) is 11.1 Å². The lowest BCUT2D eigenvalue weighted by molar-refractivity contribution is -0.179. The zero-order valence-electron chi connectivity index (χ0n) is 17.4. The molecule has 1 aromatic heterocycles. The summed E-state index contributed by atoms with van der Waals surface area (Å²) < 4.78 is 2.63. The van der Waals surface area contributed by atoms with Gasteiger partial charge in [-0.05, 0) is 96.7 Å².